The zero-order valence-corrected chi connectivity index (χ0v) is 14.4. The van der Waals surface area contributed by atoms with Crippen molar-refractivity contribution >= 4 is 23.8 Å². The lowest BCUT2D eigenvalue weighted by Crippen LogP contribution is -2.62. The molecule has 1 heterocycles. The molecule has 5 atom stereocenters. The van der Waals surface area contributed by atoms with Gasteiger partial charge in [-0.2, -0.15) is 0 Å². The van der Waals surface area contributed by atoms with E-state index in [1.54, 1.807) is 6.92 Å². The normalized spacial score (nSPS) is 29.3. The number of hydrogen-bond acceptors (Lipinski definition) is 8. The fourth-order valence-electron chi connectivity index (χ4n) is 2.53. The van der Waals surface area contributed by atoms with Crippen LogP contribution >= 0.6 is 0 Å². The van der Waals surface area contributed by atoms with Crippen LogP contribution in [0.3, 0.4) is 0 Å². The van der Waals surface area contributed by atoms with Gasteiger partial charge >= 0.3 is 17.9 Å². The van der Waals surface area contributed by atoms with Crippen LogP contribution in [0.5, 0.6) is 0 Å². The molecule has 0 saturated carbocycles. The van der Waals surface area contributed by atoms with E-state index in [1.807, 2.05) is 0 Å². The monoisotopic (exact) mass is 345 g/mol. The van der Waals surface area contributed by atoms with Crippen molar-refractivity contribution in [1.82, 2.24) is 5.32 Å². The van der Waals surface area contributed by atoms with Gasteiger partial charge in [-0.05, 0) is 0 Å². The van der Waals surface area contributed by atoms with E-state index in [0.717, 1.165) is 0 Å². The lowest BCUT2D eigenvalue weighted by atomic mass is 9.88. The van der Waals surface area contributed by atoms with Crippen LogP contribution in [-0.2, 0) is 38.1 Å². The number of hydrogen-bond donors (Lipinski definition) is 1. The standard InChI is InChI=1S/C15H23NO8/c1-7-13(16-8(2)17)15(23-11(5)20)24-12(6-21-9(3)18)14(7)22-10(4)19/h7,12-15H,6H2,1-5H3,(H,16,17)/t7-,12?,13?,14-,15?/m1/s1. The number of amides is 1. The second-order valence-corrected chi connectivity index (χ2v) is 5.61. The van der Waals surface area contributed by atoms with Crippen molar-refractivity contribution in [3.8, 4) is 0 Å². The Hall–Kier alpha value is -2.16. The lowest BCUT2D eigenvalue weighted by Gasteiger charge is -2.44. The maximum absolute atomic E-state index is 11.4. The maximum atomic E-state index is 11.4. The highest BCUT2D eigenvalue weighted by atomic mass is 16.7. The van der Waals surface area contributed by atoms with Crippen LogP contribution in [0, 0.1) is 5.92 Å². The molecule has 0 aliphatic carbocycles. The number of carbonyl (C=O) groups excluding carboxylic acids is 4. The molecule has 1 aliphatic heterocycles. The summed E-state index contributed by atoms with van der Waals surface area (Å²) < 4.78 is 20.9. The zero-order valence-electron chi connectivity index (χ0n) is 14.4. The average molecular weight is 345 g/mol. The number of carbonyl (C=O) groups is 4. The van der Waals surface area contributed by atoms with E-state index < -0.39 is 48.4 Å². The summed E-state index contributed by atoms with van der Waals surface area (Å²) in [6.45, 7) is 6.52. The molecule has 0 bridgehead atoms. The predicted molar refractivity (Wildman–Crippen MR) is 79.4 cm³/mol. The highest BCUT2D eigenvalue weighted by molar-refractivity contribution is 5.73. The Morgan fingerprint density at radius 1 is 0.958 bits per heavy atom. The SMILES string of the molecule is CC(=O)NC1C(OC(C)=O)OC(COC(C)=O)[C@H](OC(C)=O)[C@@H]1C. The van der Waals surface area contributed by atoms with Gasteiger partial charge in [0.15, 0.2) is 0 Å². The van der Waals surface area contributed by atoms with Crippen LogP contribution in [-0.4, -0.2) is 55.0 Å². The summed E-state index contributed by atoms with van der Waals surface area (Å²) in [4.78, 5) is 45.1. The molecule has 1 fully saturated rings. The Kier molecular flexibility index (Phi) is 7.15. The van der Waals surface area contributed by atoms with Crippen LogP contribution < -0.4 is 5.32 Å². The number of nitrogens with one attached hydrogen (secondary N) is 1. The zero-order chi connectivity index (χ0) is 18.4. The van der Waals surface area contributed by atoms with E-state index in [1.165, 1.54) is 27.7 Å². The van der Waals surface area contributed by atoms with Gasteiger partial charge in [0.1, 0.15) is 18.8 Å². The first-order valence-corrected chi connectivity index (χ1v) is 7.52. The molecular formula is C15H23NO8. The molecule has 0 aromatic heterocycles. The third-order valence-corrected chi connectivity index (χ3v) is 3.46. The van der Waals surface area contributed by atoms with E-state index in [-0.39, 0.29) is 12.5 Å². The minimum atomic E-state index is -1.09. The Balaban J connectivity index is 3.04. The van der Waals surface area contributed by atoms with Crippen molar-refractivity contribution in [2.45, 2.75) is 59.2 Å². The summed E-state index contributed by atoms with van der Waals surface area (Å²) in [7, 11) is 0. The van der Waals surface area contributed by atoms with Crippen LogP contribution in [0.1, 0.15) is 34.6 Å². The first-order valence-electron chi connectivity index (χ1n) is 7.52. The molecule has 1 amide bonds. The predicted octanol–water partition coefficient (Wildman–Crippen LogP) is -0.0900. The molecule has 3 unspecified atom stereocenters. The van der Waals surface area contributed by atoms with Gasteiger partial charge in [0, 0.05) is 33.6 Å². The van der Waals surface area contributed by atoms with Crippen LogP contribution in [0.25, 0.3) is 0 Å². The summed E-state index contributed by atoms with van der Waals surface area (Å²) in [5, 5.41) is 2.64. The third kappa shape index (κ3) is 5.80. The second-order valence-electron chi connectivity index (χ2n) is 5.61. The molecule has 1 N–H and O–H groups in total. The molecule has 0 radical (unpaired) electrons. The van der Waals surface area contributed by atoms with Gasteiger partial charge in [0.2, 0.25) is 12.2 Å². The Morgan fingerprint density at radius 2 is 1.54 bits per heavy atom. The molecule has 1 rings (SSSR count). The number of rotatable bonds is 5. The molecule has 1 aliphatic rings. The third-order valence-electron chi connectivity index (χ3n) is 3.46. The first-order chi connectivity index (χ1) is 11.1. The van der Waals surface area contributed by atoms with E-state index in [4.69, 9.17) is 18.9 Å². The summed E-state index contributed by atoms with van der Waals surface area (Å²) >= 11 is 0. The molecule has 24 heavy (non-hydrogen) atoms. The van der Waals surface area contributed by atoms with Crippen molar-refractivity contribution in [2.24, 2.45) is 5.92 Å². The summed E-state index contributed by atoms with van der Waals surface area (Å²) in [5.41, 5.74) is 0. The number of ether oxygens (including phenoxy) is 4. The van der Waals surface area contributed by atoms with E-state index in [2.05, 4.69) is 5.32 Å². The highest BCUT2D eigenvalue weighted by Gasteiger charge is 2.47. The first kappa shape index (κ1) is 19.9. The van der Waals surface area contributed by atoms with Gasteiger partial charge in [0.05, 0.1) is 6.04 Å². The minimum Gasteiger partial charge on any atom is -0.463 e. The fourth-order valence-corrected chi connectivity index (χ4v) is 2.53. The van der Waals surface area contributed by atoms with E-state index >= 15 is 0 Å². The Labute approximate surface area is 139 Å². The van der Waals surface area contributed by atoms with Crippen LogP contribution in [0.15, 0.2) is 0 Å². The fraction of sp³-hybridized carbons (Fsp3) is 0.733. The molecule has 0 aromatic carbocycles. The minimum absolute atomic E-state index is 0.178. The topological polar surface area (TPSA) is 117 Å². The molecule has 0 aromatic rings. The Morgan fingerprint density at radius 3 is 2.00 bits per heavy atom. The molecule has 136 valence electrons. The van der Waals surface area contributed by atoms with Crippen molar-refractivity contribution in [3.05, 3.63) is 0 Å². The van der Waals surface area contributed by atoms with Gasteiger partial charge in [-0.15, -0.1) is 0 Å². The average Bonchev–Trinajstić information content (AvgIpc) is 2.42. The second kappa shape index (κ2) is 8.62. The summed E-state index contributed by atoms with van der Waals surface area (Å²) in [5.74, 6) is -2.47. The van der Waals surface area contributed by atoms with E-state index in [0.29, 0.717) is 0 Å². The van der Waals surface area contributed by atoms with Gasteiger partial charge in [0.25, 0.3) is 0 Å². The van der Waals surface area contributed by atoms with Gasteiger partial charge < -0.3 is 24.3 Å². The quantitative estimate of drug-likeness (QED) is 0.543. The highest BCUT2D eigenvalue weighted by Crippen LogP contribution is 2.29. The van der Waals surface area contributed by atoms with Gasteiger partial charge in [-0.3, -0.25) is 19.2 Å². The molecular weight excluding hydrogens is 322 g/mol. The summed E-state index contributed by atoms with van der Waals surface area (Å²) in [6.07, 6.45) is -2.71. The van der Waals surface area contributed by atoms with Crippen molar-refractivity contribution < 1.29 is 38.1 Å². The largest absolute Gasteiger partial charge is 0.463 e. The lowest BCUT2D eigenvalue weighted by molar-refractivity contribution is -0.256. The molecule has 0 spiro atoms. The molecule has 9 heteroatoms. The van der Waals surface area contributed by atoms with Crippen molar-refractivity contribution in [3.63, 3.8) is 0 Å². The number of esters is 3. The smallest absolute Gasteiger partial charge is 0.305 e. The summed E-state index contributed by atoms with van der Waals surface area (Å²) in [6, 6.07) is -0.718. The molecule has 1 saturated heterocycles. The van der Waals surface area contributed by atoms with Crippen LogP contribution in [0.4, 0.5) is 0 Å². The molecule has 9 nitrogen and oxygen atoms in total. The Bertz CT molecular complexity index is 504. The van der Waals surface area contributed by atoms with Gasteiger partial charge in [-0.25, -0.2) is 0 Å². The van der Waals surface area contributed by atoms with Crippen molar-refractivity contribution in [2.75, 3.05) is 6.61 Å². The van der Waals surface area contributed by atoms with Crippen LogP contribution in [0.2, 0.25) is 0 Å². The van der Waals surface area contributed by atoms with Crippen molar-refractivity contribution in [1.29, 1.82) is 0 Å². The van der Waals surface area contributed by atoms with E-state index in [9.17, 15) is 19.2 Å². The van der Waals surface area contributed by atoms with Gasteiger partial charge in [-0.1, -0.05) is 6.92 Å². The maximum Gasteiger partial charge on any atom is 0.305 e.